The molecule has 0 saturated heterocycles. The fraction of sp³-hybridized carbons (Fsp3) is 0.750. The summed E-state index contributed by atoms with van der Waals surface area (Å²) in [7, 11) is 3.70. The zero-order chi connectivity index (χ0) is 12.0. The van der Waals surface area contributed by atoms with Crippen LogP contribution in [0.3, 0.4) is 0 Å². The van der Waals surface area contributed by atoms with Crippen molar-refractivity contribution < 1.29 is 4.74 Å². The first-order chi connectivity index (χ1) is 7.53. The molecule has 0 spiro atoms. The molecule has 0 bridgehead atoms. The van der Waals surface area contributed by atoms with Gasteiger partial charge < -0.3 is 10.1 Å². The standard InChI is InChI=1S/C12H23N3O/c1-12(2,16-4)7-9-13-8-5-11-6-10-15(3)14-11/h6,10,13H,5,7-9H2,1-4H3. The highest BCUT2D eigenvalue weighted by Crippen LogP contribution is 2.11. The van der Waals surface area contributed by atoms with Crippen LogP contribution >= 0.6 is 0 Å². The van der Waals surface area contributed by atoms with Crippen LogP contribution in [0, 0.1) is 0 Å². The predicted molar refractivity (Wildman–Crippen MR) is 65.5 cm³/mol. The summed E-state index contributed by atoms with van der Waals surface area (Å²) in [4.78, 5) is 0. The third-order valence-electron chi connectivity index (χ3n) is 2.78. The number of rotatable bonds is 7. The maximum atomic E-state index is 5.35. The average Bonchev–Trinajstić information content (AvgIpc) is 2.64. The molecule has 0 fully saturated rings. The van der Waals surface area contributed by atoms with Crippen LogP contribution in [0.5, 0.6) is 0 Å². The van der Waals surface area contributed by atoms with Crippen molar-refractivity contribution in [3.8, 4) is 0 Å². The monoisotopic (exact) mass is 225 g/mol. The van der Waals surface area contributed by atoms with Gasteiger partial charge in [0.15, 0.2) is 0 Å². The molecule has 0 amide bonds. The summed E-state index contributed by atoms with van der Waals surface area (Å²) in [5.41, 5.74) is 1.11. The molecule has 0 aliphatic rings. The van der Waals surface area contributed by atoms with E-state index in [-0.39, 0.29) is 5.60 Å². The first kappa shape index (κ1) is 13.2. The summed E-state index contributed by atoms with van der Waals surface area (Å²) in [5, 5.41) is 7.73. The molecule has 1 heterocycles. The maximum absolute atomic E-state index is 5.35. The molecular weight excluding hydrogens is 202 g/mol. The molecule has 4 heteroatoms. The number of nitrogens with zero attached hydrogens (tertiary/aromatic N) is 2. The minimum Gasteiger partial charge on any atom is -0.379 e. The molecule has 1 N–H and O–H groups in total. The lowest BCUT2D eigenvalue weighted by molar-refractivity contribution is 0.0159. The predicted octanol–water partition coefficient (Wildman–Crippen LogP) is 1.37. The third kappa shape index (κ3) is 4.77. The molecule has 1 aromatic heterocycles. The summed E-state index contributed by atoms with van der Waals surface area (Å²) in [6.07, 6.45) is 3.98. The molecule has 0 saturated carbocycles. The van der Waals surface area contributed by atoms with Crippen LogP contribution in [0.1, 0.15) is 26.0 Å². The van der Waals surface area contributed by atoms with E-state index in [1.165, 1.54) is 0 Å². The Morgan fingerprint density at radius 2 is 2.19 bits per heavy atom. The number of hydrogen-bond donors (Lipinski definition) is 1. The van der Waals surface area contributed by atoms with Crippen molar-refractivity contribution in [3.63, 3.8) is 0 Å². The highest BCUT2D eigenvalue weighted by atomic mass is 16.5. The quantitative estimate of drug-likeness (QED) is 0.712. The normalized spacial score (nSPS) is 12.0. The van der Waals surface area contributed by atoms with Crippen molar-refractivity contribution in [3.05, 3.63) is 18.0 Å². The fourth-order valence-corrected chi connectivity index (χ4v) is 1.43. The van der Waals surface area contributed by atoms with Crippen LogP contribution in [-0.4, -0.2) is 35.6 Å². The Labute approximate surface area is 98.0 Å². The van der Waals surface area contributed by atoms with Crippen molar-refractivity contribution in [2.24, 2.45) is 7.05 Å². The Morgan fingerprint density at radius 3 is 2.75 bits per heavy atom. The van der Waals surface area contributed by atoms with Crippen LogP contribution in [0.25, 0.3) is 0 Å². The van der Waals surface area contributed by atoms with Gasteiger partial charge in [-0.05, 0) is 32.9 Å². The van der Waals surface area contributed by atoms with Crippen LogP contribution in [0.4, 0.5) is 0 Å². The molecule has 1 rings (SSSR count). The third-order valence-corrected chi connectivity index (χ3v) is 2.78. The van der Waals surface area contributed by atoms with E-state index in [1.807, 2.05) is 17.9 Å². The number of methoxy groups -OCH3 is 1. The summed E-state index contributed by atoms with van der Waals surface area (Å²) in [6, 6.07) is 2.06. The molecule has 0 aromatic carbocycles. The molecule has 0 aliphatic heterocycles. The largest absolute Gasteiger partial charge is 0.379 e. The maximum Gasteiger partial charge on any atom is 0.0637 e. The molecular formula is C12H23N3O. The number of nitrogens with one attached hydrogen (secondary N) is 1. The van der Waals surface area contributed by atoms with Crippen molar-refractivity contribution in [1.82, 2.24) is 15.1 Å². The van der Waals surface area contributed by atoms with E-state index < -0.39 is 0 Å². The van der Waals surface area contributed by atoms with Crippen LogP contribution in [0.2, 0.25) is 0 Å². The summed E-state index contributed by atoms with van der Waals surface area (Å²) in [5.74, 6) is 0. The second-order valence-electron chi connectivity index (χ2n) is 4.69. The second-order valence-corrected chi connectivity index (χ2v) is 4.69. The van der Waals surface area contributed by atoms with Crippen molar-refractivity contribution >= 4 is 0 Å². The van der Waals surface area contributed by atoms with Crippen LogP contribution in [-0.2, 0) is 18.2 Å². The Hall–Kier alpha value is -0.870. The van der Waals surface area contributed by atoms with Gasteiger partial charge in [0.05, 0.1) is 11.3 Å². The number of aromatic nitrogens is 2. The first-order valence-corrected chi connectivity index (χ1v) is 5.78. The van der Waals surface area contributed by atoms with Crippen molar-refractivity contribution in [2.45, 2.75) is 32.3 Å². The smallest absolute Gasteiger partial charge is 0.0637 e. The van der Waals surface area contributed by atoms with Gasteiger partial charge in [0.25, 0.3) is 0 Å². The van der Waals surface area contributed by atoms with Crippen LogP contribution < -0.4 is 5.32 Å². The van der Waals surface area contributed by atoms with Crippen LogP contribution in [0.15, 0.2) is 12.3 Å². The topological polar surface area (TPSA) is 39.1 Å². The summed E-state index contributed by atoms with van der Waals surface area (Å²) < 4.78 is 7.19. The Balaban J connectivity index is 2.08. The Bertz CT molecular complexity index is 307. The van der Waals surface area contributed by atoms with E-state index in [4.69, 9.17) is 4.74 Å². The van der Waals surface area contributed by atoms with Gasteiger partial charge >= 0.3 is 0 Å². The van der Waals surface area contributed by atoms with E-state index in [0.29, 0.717) is 0 Å². The fourth-order valence-electron chi connectivity index (χ4n) is 1.43. The van der Waals surface area contributed by atoms with E-state index in [1.54, 1.807) is 7.11 Å². The van der Waals surface area contributed by atoms with Gasteiger partial charge in [0.1, 0.15) is 0 Å². The van der Waals surface area contributed by atoms with E-state index >= 15 is 0 Å². The van der Waals surface area contributed by atoms with Gasteiger partial charge in [0, 0.05) is 33.3 Å². The van der Waals surface area contributed by atoms with Crippen molar-refractivity contribution in [2.75, 3.05) is 20.2 Å². The minimum atomic E-state index is -0.0298. The summed E-state index contributed by atoms with van der Waals surface area (Å²) >= 11 is 0. The van der Waals surface area contributed by atoms with Gasteiger partial charge in [0.2, 0.25) is 0 Å². The molecule has 16 heavy (non-hydrogen) atoms. The molecule has 0 radical (unpaired) electrons. The number of aryl methyl sites for hydroxylation is 1. The zero-order valence-electron chi connectivity index (χ0n) is 10.8. The first-order valence-electron chi connectivity index (χ1n) is 5.78. The molecule has 0 atom stereocenters. The zero-order valence-corrected chi connectivity index (χ0v) is 10.8. The minimum absolute atomic E-state index is 0.0298. The number of ether oxygens (including phenoxy) is 1. The molecule has 0 aliphatic carbocycles. The Morgan fingerprint density at radius 1 is 1.44 bits per heavy atom. The van der Waals surface area contributed by atoms with E-state index in [0.717, 1.165) is 31.6 Å². The van der Waals surface area contributed by atoms with E-state index in [2.05, 4.69) is 30.3 Å². The Kier molecular flexibility index (Phi) is 4.96. The lowest BCUT2D eigenvalue weighted by Crippen LogP contribution is -2.29. The molecule has 4 nitrogen and oxygen atoms in total. The molecule has 1 aromatic rings. The highest BCUT2D eigenvalue weighted by molar-refractivity contribution is 4.98. The highest BCUT2D eigenvalue weighted by Gasteiger charge is 2.14. The van der Waals surface area contributed by atoms with Crippen molar-refractivity contribution in [1.29, 1.82) is 0 Å². The summed E-state index contributed by atoms with van der Waals surface area (Å²) in [6.45, 7) is 6.16. The molecule has 92 valence electrons. The lowest BCUT2D eigenvalue weighted by Gasteiger charge is -2.22. The van der Waals surface area contributed by atoms with Gasteiger partial charge in [-0.25, -0.2) is 0 Å². The van der Waals surface area contributed by atoms with Gasteiger partial charge in [-0.3, -0.25) is 4.68 Å². The second kappa shape index (κ2) is 6.01. The number of hydrogen-bond acceptors (Lipinski definition) is 3. The van der Waals surface area contributed by atoms with E-state index in [9.17, 15) is 0 Å². The van der Waals surface area contributed by atoms with Gasteiger partial charge in [-0.15, -0.1) is 0 Å². The van der Waals surface area contributed by atoms with Gasteiger partial charge in [-0.1, -0.05) is 0 Å². The van der Waals surface area contributed by atoms with Gasteiger partial charge in [-0.2, -0.15) is 5.10 Å². The molecule has 0 unspecified atom stereocenters. The SMILES string of the molecule is COC(C)(C)CCNCCc1ccn(C)n1. The lowest BCUT2D eigenvalue weighted by atomic mass is 10.1. The average molecular weight is 225 g/mol.